The van der Waals surface area contributed by atoms with Crippen LogP contribution in [0.4, 0.5) is 5.69 Å². The first-order chi connectivity index (χ1) is 9.70. The zero-order chi connectivity index (χ0) is 14.4. The summed E-state index contributed by atoms with van der Waals surface area (Å²) in [5.41, 5.74) is 7.85. The minimum Gasteiger partial charge on any atom is -0.324 e. The zero-order valence-corrected chi connectivity index (χ0v) is 12.2. The van der Waals surface area contributed by atoms with Crippen LogP contribution >= 0.6 is 11.8 Å². The van der Waals surface area contributed by atoms with Gasteiger partial charge in [-0.1, -0.05) is 42.5 Å². The number of thioether (sulfide) groups is 1. The van der Waals surface area contributed by atoms with Gasteiger partial charge < -0.3 is 11.1 Å². The van der Waals surface area contributed by atoms with Gasteiger partial charge in [-0.25, -0.2) is 0 Å². The highest BCUT2D eigenvalue weighted by Crippen LogP contribution is 2.24. The molecule has 0 aliphatic heterocycles. The predicted molar refractivity (Wildman–Crippen MR) is 85.0 cm³/mol. The van der Waals surface area contributed by atoms with Gasteiger partial charge in [-0.15, -0.1) is 11.8 Å². The van der Waals surface area contributed by atoms with Gasteiger partial charge in [0.1, 0.15) is 0 Å². The number of carbonyl (C=O) groups is 1. The number of carbonyl (C=O) groups excluding carboxylic acids is 1. The van der Waals surface area contributed by atoms with Crippen molar-refractivity contribution in [2.45, 2.75) is 17.4 Å². The molecular formula is C16H18N2OS. The molecule has 0 spiro atoms. The van der Waals surface area contributed by atoms with E-state index < -0.39 is 6.04 Å². The second-order valence-electron chi connectivity index (χ2n) is 4.49. The molecule has 3 nitrogen and oxygen atoms in total. The van der Waals surface area contributed by atoms with Crippen LogP contribution in [-0.2, 0) is 11.2 Å². The lowest BCUT2D eigenvalue weighted by Gasteiger charge is -2.14. The maximum absolute atomic E-state index is 12.1. The van der Waals surface area contributed by atoms with Crippen LogP contribution in [0.15, 0.2) is 59.5 Å². The highest BCUT2D eigenvalue weighted by Gasteiger charge is 2.15. The van der Waals surface area contributed by atoms with E-state index in [-0.39, 0.29) is 5.91 Å². The monoisotopic (exact) mass is 286 g/mol. The Labute approximate surface area is 123 Å². The average molecular weight is 286 g/mol. The third-order valence-corrected chi connectivity index (χ3v) is 3.80. The molecular weight excluding hydrogens is 268 g/mol. The normalized spacial score (nSPS) is 11.9. The molecule has 0 heterocycles. The topological polar surface area (TPSA) is 55.1 Å². The summed E-state index contributed by atoms with van der Waals surface area (Å²) in [6.07, 6.45) is 2.52. The predicted octanol–water partition coefficient (Wildman–Crippen LogP) is 2.92. The molecule has 104 valence electrons. The van der Waals surface area contributed by atoms with Gasteiger partial charge >= 0.3 is 0 Å². The highest BCUT2D eigenvalue weighted by molar-refractivity contribution is 7.98. The fraction of sp³-hybridized carbons (Fsp3) is 0.188. The van der Waals surface area contributed by atoms with E-state index in [2.05, 4.69) is 5.32 Å². The summed E-state index contributed by atoms with van der Waals surface area (Å²) in [5.74, 6) is -0.157. The van der Waals surface area contributed by atoms with Crippen LogP contribution in [0.2, 0.25) is 0 Å². The molecule has 0 unspecified atom stereocenters. The van der Waals surface area contributed by atoms with Crippen molar-refractivity contribution >= 4 is 23.4 Å². The van der Waals surface area contributed by atoms with Gasteiger partial charge in [0, 0.05) is 4.90 Å². The van der Waals surface area contributed by atoms with Crippen molar-refractivity contribution in [3.8, 4) is 0 Å². The molecule has 2 aromatic carbocycles. The molecule has 0 radical (unpaired) electrons. The molecule has 1 atom stereocenters. The zero-order valence-electron chi connectivity index (χ0n) is 11.4. The first-order valence-corrected chi connectivity index (χ1v) is 7.66. The van der Waals surface area contributed by atoms with E-state index in [9.17, 15) is 4.79 Å². The molecule has 4 heteroatoms. The molecule has 0 saturated heterocycles. The summed E-state index contributed by atoms with van der Waals surface area (Å²) < 4.78 is 0. The molecule has 0 fully saturated rings. The van der Waals surface area contributed by atoms with Crippen LogP contribution in [0.3, 0.4) is 0 Å². The van der Waals surface area contributed by atoms with Crippen LogP contribution in [0, 0.1) is 0 Å². The quantitative estimate of drug-likeness (QED) is 0.831. The van der Waals surface area contributed by atoms with Gasteiger partial charge in [-0.2, -0.15) is 0 Å². The fourth-order valence-electron chi connectivity index (χ4n) is 1.93. The SMILES string of the molecule is CSc1ccccc1NC(=O)[C@H](N)Cc1ccccc1. The number of nitrogens with one attached hydrogen (secondary N) is 1. The maximum Gasteiger partial charge on any atom is 0.241 e. The molecule has 0 aromatic heterocycles. The number of hydrogen-bond donors (Lipinski definition) is 2. The smallest absolute Gasteiger partial charge is 0.241 e. The Morgan fingerprint density at radius 2 is 1.80 bits per heavy atom. The van der Waals surface area contributed by atoms with Crippen molar-refractivity contribution in [1.82, 2.24) is 0 Å². The van der Waals surface area contributed by atoms with Gasteiger partial charge in [0.2, 0.25) is 5.91 Å². The molecule has 1 amide bonds. The van der Waals surface area contributed by atoms with E-state index in [1.165, 1.54) is 0 Å². The number of para-hydroxylation sites is 1. The number of hydrogen-bond acceptors (Lipinski definition) is 3. The van der Waals surface area contributed by atoms with Gasteiger partial charge in [0.15, 0.2) is 0 Å². The lowest BCUT2D eigenvalue weighted by atomic mass is 10.1. The summed E-state index contributed by atoms with van der Waals surface area (Å²) in [4.78, 5) is 13.2. The van der Waals surface area contributed by atoms with Crippen molar-refractivity contribution in [2.24, 2.45) is 5.73 Å². The van der Waals surface area contributed by atoms with E-state index in [1.807, 2.05) is 60.9 Å². The van der Waals surface area contributed by atoms with E-state index in [0.717, 1.165) is 16.1 Å². The van der Waals surface area contributed by atoms with Crippen molar-refractivity contribution in [2.75, 3.05) is 11.6 Å². The molecule has 3 N–H and O–H groups in total. The van der Waals surface area contributed by atoms with Crippen LogP contribution < -0.4 is 11.1 Å². The second kappa shape index (κ2) is 7.12. The maximum atomic E-state index is 12.1. The van der Waals surface area contributed by atoms with Crippen molar-refractivity contribution in [3.63, 3.8) is 0 Å². The third kappa shape index (κ3) is 3.85. The fourth-order valence-corrected chi connectivity index (χ4v) is 2.49. The minimum atomic E-state index is -0.549. The van der Waals surface area contributed by atoms with E-state index >= 15 is 0 Å². The first kappa shape index (κ1) is 14.6. The van der Waals surface area contributed by atoms with Crippen LogP contribution in [-0.4, -0.2) is 18.2 Å². The van der Waals surface area contributed by atoms with Crippen LogP contribution in [0.5, 0.6) is 0 Å². The molecule has 0 aliphatic rings. The molecule has 0 aliphatic carbocycles. The lowest BCUT2D eigenvalue weighted by Crippen LogP contribution is -2.37. The Morgan fingerprint density at radius 3 is 2.50 bits per heavy atom. The van der Waals surface area contributed by atoms with Crippen molar-refractivity contribution < 1.29 is 4.79 Å². The Morgan fingerprint density at radius 1 is 1.15 bits per heavy atom. The molecule has 0 saturated carbocycles. The van der Waals surface area contributed by atoms with Gasteiger partial charge in [0.05, 0.1) is 11.7 Å². The Balaban J connectivity index is 2.01. The van der Waals surface area contributed by atoms with Gasteiger partial charge in [-0.3, -0.25) is 4.79 Å². The van der Waals surface area contributed by atoms with E-state index in [4.69, 9.17) is 5.73 Å². The summed E-state index contributed by atoms with van der Waals surface area (Å²) in [7, 11) is 0. The number of rotatable bonds is 5. The number of nitrogens with two attached hydrogens (primary N) is 1. The summed E-state index contributed by atoms with van der Waals surface area (Å²) >= 11 is 1.60. The standard InChI is InChI=1S/C16H18N2OS/c1-20-15-10-6-5-9-14(15)18-16(19)13(17)11-12-7-3-2-4-8-12/h2-10,13H,11,17H2,1H3,(H,18,19)/t13-/m1/s1. The second-order valence-corrected chi connectivity index (χ2v) is 5.33. The van der Waals surface area contributed by atoms with E-state index in [1.54, 1.807) is 11.8 Å². The Hall–Kier alpha value is -1.78. The van der Waals surface area contributed by atoms with E-state index in [0.29, 0.717) is 6.42 Å². The minimum absolute atomic E-state index is 0.157. The number of amides is 1. The molecule has 0 bridgehead atoms. The summed E-state index contributed by atoms with van der Waals surface area (Å²) in [6, 6.07) is 17.0. The summed E-state index contributed by atoms with van der Waals surface area (Å²) in [5, 5.41) is 2.90. The molecule has 2 aromatic rings. The average Bonchev–Trinajstić information content (AvgIpc) is 2.48. The largest absolute Gasteiger partial charge is 0.324 e. The number of benzene rings is 2. The van der Waals surface area contributed by atoms with Gasteiger partial charge in [-0.05, 0) is 30.4 Å². The van der Waals surface area contributed by atoms with Crippen molar-refractivity contribution in [3.05, 3.63) is 60.2 Å². The van der Waals surface area contributed by atoms with Crippen LogP contribution in [0.1, 0.15) is 5.56 Å². The highest BCUT2D eigenvalue weighted by atomic mass is 32.2. The van der Waals surface area contributed by atoms with Crippen molar-refractivity contribution in [1.29, 1.82) is 0 Å². The van der Waals surface area contributed by atoms with Gasteiger partial charge in [0.25, 0.3) is 0 Å². The molecule has 20 heavy (non-hydrogen) atoms. The first-order valence-electron chi connectivity index (χ1n) is 6.44. The van der Waals surface area contributed by atoms with Crippen LogP contribution in [0.25, 0.3) is 0 Å². The lowest BCUT2D eigenvalue weighted by molar-refractivity contribution is -0.117. The Kier molecular flexibility index (Phi) is 5.21. The number of anilines is 1. The molecule has 2 rings (SSSR count). The third-order valence-electron chi connectivity index (χ3n) is 3.00. The summed E-state index contributed by atoms with van der Waals surface area (Å²) in [6.45, 7) is 0. The Bertz CT molecular complexity index is 572.